The van der Waals surface area contributed by atoms with Crippen LogP contribution in [0, 0.1) is 40.9 Å². The van der Waals surface area contributed by atoms with E-state index in [1.807, 2.05) is 0 Å². The van der Waals surface area contributed by atoms with Gasteiger partial charge in [0.2, 0.25) is 0 Å². The van der Waals surface area contributed by atoms with Crippen molar-refractivity contribution in [3.63, 3.8) is 0 Å². The third-order valence-corrected chi connectivity index (χ3v) is 8.99. The summed E-state index contributed by atoms with van der Waals surface area (Å²) in [6.45, 7) is 14.4. The molecule has 0 aromatic carbocycles. The van der Waals surface area contributed by atoms with Crippen LogP contribution >= 0.6 is 0 Å². The number of aliphatic hydroxyl groups is 1. The molecule has 3 rings (SSSR count). The van der Waals surface area contributed by atoms with Gasteiger partial charge < -0.3 is 5.11 Å². The quantitative estimate of drug-likeness (QED) is 0.470. The van der Waals surface area contributed by atoms with Crippen LogP contribution in [-0.4, -0.2) is 11.2 Å². The van der Waals surface area contributed by atoms with E-state index in [4.69, 9.17) is 0 Å². The monoisotopic (exact) mass is 398 g/mol. The van der Waals surface area contributed by atoms with Crippen LogP contribution in [-0.2, 0) is 0 Å². The molecule has 0 unspecified atom stereocenters. The van der Waals surface area contributed by atoms with E-state index < -0.39 is 0 Å². The van der Waals surface area contributed by atoms with Gasteiger partial charge in [-0.1, -0.05) is 77.0 Å². The third-order valence-electron chi connectivity index (χ3n) is 8.99. The fourth-order valence-electron chi connectivity index (χ4n) is 6.50. The highest BCUT2D eigenvalue weighted by Gasteiger charge is 2.50. The van der Waals surface area contributed by atoms with Gasteiger partial charge in [-0.05, 0) is 92.3 Å². The molecule has 29 heavy (non-hydrogen) atoms. The van der Waals surface area contributed by atoms with Crippen molar-refractivity contribution in [1.82, 2.24) is 0 Å². The number of allylic oxidation sites excluding steroid dienone is 5. The second kappa shape index (κ2) is 9.54. The predicted octanol–water partition coefficient (Wildman–Crippen LogP) is 7.72. The highest BCUT2D eigenvalue weighted by atomic mass is 16.3. The molecule has 0 aromatic heterocycles. The van der Waals surface area contributed by atoms with E-state index in [2.05, 4.69) is 65.8 Å². The molecule has 3 fully saturated rings. The first-order valence-electron chi connectivity index (χ1n) is 12.5. The second-order valence-corrected chi connectivity index (χ2v) is 11.3. The normalized spacial score (nSPS) is 40.7. The average Bonchev–Trinajstić information content (AvgIpc) is 3.04. The van der Waals surface area contributed by atoms with Crippen molar-refractivity contribution >= 4 is 0 Å². The number of rotatable bonds is 5. The van der Waals surface area contributed by atoms with Crippen LogP contribution < -0.4 is 0 Å². The van der Waals surface area contributed by atoms with Gasteiger partial charge in [-0.3, -0.25) is 0 Å². The van der Waals surface area contributed by atoms with Crippen molar-refractivity contribution in [3.05, 3.63) is 35.5 Å². The summed E-state index contributed by atoms with van der Waals surface area (Å²) in [5.74, 6) is 4.29. The fourth-order valence-corrected chi connectivity index (χ4v) is 6.50. The van der Waals surface area contributed by atoms with Gasteiger partial charge in [0.05, 0.1) is 6.10 Å². The molecule has 1 nitrogen and oxygen atoms in total. The molecule has 0 aliphatic heterocycles. The summed E-state index contributed by atoms with van der Waals surface area (Å²) in [5, 5.41) is 10.1. The van der Waals surface area contributed by atoms with E-state index in [0.717, 1.165) is 37.0 Å². The molecule has 7 atom stereocenters. The van der Waals surface area contributed by atoms with E-state index in [1.165, 1.54) is 37.7 Å². The molecule has 0 radical (unpaired) electrons. The van der Waals surface area contributed by atoms with E-state index >= 15 is 0 Å². The smallest absolute Gasteiger partial charge is 0.0577 e. The molecule has 0 heterocycles. The van der Waals surface area contributed by atoms with Gasteiger partial charge in [0.15, 0.2) is 0 Å². The Bertz CT molecular complexity index is 639. The van der Waals surface area contributed by atoms with E-state index in [1.54, 1.807) is 5.57 Å². The summed E-state index contributed by atoms with van der Waals surface area (Å²) in [4.78, 5) is 0. The zero-order valence-corrected chi connectivity index (χ0v) is 20.0. The van der Waals surface area contributed by atoms with Crippen LogP contribution in [0.4, 0.5) is 0 Å². The van der Waals surface area contributed by atoms with Crippen molar-refractivity contribution in [1.29, 1.82) is 0 Å². The first-order valence-corrected chi connectivity index (χ1v) is 12.5. The third kappa shape index (κ3) is 5.09. The predicted molar refractivity (Wildman–Crippen MR) is 126 cm³/mol. The Morgan fingerprint density at radius 2 is 1.69 bits per heavy atom. The maximum absolute atomic E-state index is 10.1. The maximum Gasteiger partial charge on any atom is 0.0577 e. The van der Waals surface area contributed by atoms with Crippen LogP contribution in [0.1, 0.15) is 92.9 Å². The van der Waals surface area contributed by atoms with Gasteiger partial charge in [0.25, 0.3) is 0 Å². The minimum absolute atomic E-state index is 0.121. The molecule has 1 N–H and O–H groups in total. The molecular formula is C28H46O. The Hall–Kier alpha value is -0.820. The van der Waals surface area contributed by atoms with Gasteiger partial charge in [0, 0.05) is 0 Å². The Morgan fingerprint density at radius 3 is 2.41 bits per heavy atom. The molecule has 0 bridgehead atoms. The Kier molecular flexibility index (Phi) is 7.52. The lowest BCUT2D eigenvalue weighted by Crippen LogP contribution is -2.35. The van der Waals surface area contributed by atoms with Crippen LogP contribution in [0.2, 0.25) is 0 Å². The van der Waals surface area contributed by atoms with E-state index in [-0.39, 0.29) is 6.10 Å². The number of aliphatic hydroxyl groups excluding tert-OH is 1. The topological polar surface area (TPSA) is 20.2 Å². The van der Waals surface area contributed by atoms with Crippen molar-refractivity contribution in [2.24, 2.45) is 40.9 Å². The molecule has 3 aliphatic rings. The maximum atomic E-state index is 10.1. The van der Waals surface area contributed by atoms with Gasteiger partial charge in [-0.15, -0.1) is 0 Å². The summed E-state index contributed by atoms with van der Waals surface area (Å²) in [5.41, 5.74) is 3.63. The molecule has 0 aromatic rings. The number of hydrogen-bond donors (Lipinski definition) is 1. The minimum Gasteiger partial charge on any atom is -0.393 e. The molecule has 0 spiro atoms. The Balaban J connectivity index is 1.74. The summed E-state index contributed by atoms with van der Waals surface area (Å²) < 4.78 is 0. The Morgan fingerprint density at radius 1 is 0.966 bits per heavy atom. The summed E-state index contributed by atoms with van der Waals surface area (Å²) in [7, 11) is 0. The van der Waals surface area contributed by atoms with E-state index in [0.29, 0.717) is 23.2 Å². The molecule has 164 valence electrons. The van der Waals surface area contributed by atoms with Crippen molar-refractivity contribution in [3.8, 4) is 0 Å². The van der Waals surface area contributed by atoms with Gasteiger partial charge in [-0.2, -0.15) is 0 Å². The number of hydrogen-bond acceptors (Lipinski definition) is 1. The summed E-state index contributed by atoms with van der Waals surface area (Å²) in [6.07, 6.45) is 19.5. The second-order valence-electron chi connectivity index (χ2n) is 11.3. The molecular weight excluding hydrogens is 352 g/mol. The summed E-state index contributed by atoms with van der Waals surface area (Å²) >= 11 is 0. The SMILES string of the molecule is CC(C)[C@@H](C)/C=C/[C@@H](C)[C@H]1CC[C@H]2/C(=C/C=C3/C[C@@H](O)CC[C@@H]3C)CCC[C@]12C. The average molecular weight is 399 g/mol. The molecule has 1 heteroatoms. The lowest BCUT2D eigenvalue weighted by atomic mass is 9.61. The number of fused-ring (bicyclic) bond motifs is 1. The van der Waals surface area contributed by atoms with Crippen molar-refractivity contribution in [2.45, 2.75) is 99.0 Å². The minimum atomic E-state index is -0.121. The zero-order chi connectivity index (χ0) is 21.2. The first-order chi connectivity index (χ1) is 13.7. The highest BCUT2D eigenvalue weighted by Crippen LogP contribution is 2.59. The van der Waals surface area contributed by atoms with E-state index in [9.17, 15) is 5.11 Å². The van der Waals surface area contributed by atoms with Crippen LogP contribution in [0.3, 0.4) is 0 Å². The van der Waals surface area contributed by atoms with Gasteiger partial charge in [0.1, 0.15) is 0 Å². The molecule has 0 saturated heterocycles. The standard InChI is InChI=1S/C28H46O/c1-19(2)20(3)9-10-22(5)26-15-16-27-23(8-7-17-28(26,27)6)12-13-24-18-25(29)14-11-21(24)4/h9-10,12-13,19-22,25-27,29H,7-8,11,14-18H2,1-6H3/b10-9+,23-12+,24-13-/t20-,21-,22+,25-,26+,27-,28+/m0/s1. The molecule has 3 saturated carbocycles. The largest absolute Gasteiger partial charge is 0.393 e. The fraction of sp³-hybridized carbons (Fsp3) is 0.786. The van der Waals surface area contributed by atoms with Gasteiger partial charge >= 0.3 is 0 Å². The lowest BCUT2D eigenvalue weighted by molar-refractivity contribution is 0.112. The Labute approximate surface area is 180 Å². The molecule has 0 amide bonds. The van der Waals surface area contributed by atoms with Crippen LogP contribution in [0.25, 0.3) is 0 Å². The lowest BCUT2D eigenvalue weighted by Gasteiger charge is -2.44. The van der Waals surface area contributed by atoms with Crippen LogP contribution in [0.5, 0.6) is 0 Å². The van der Waals surface area contributed by atoms with Crippen molar-refractivity contribution < 1.29 is 5.11 Å². The summed E-state index contributed by atoms with van der Waals surface area (Å²) in [6, 6.07) is 0. The van der Waals surface area contributed by atoms with Crippen molar-refractivity contribution in [2.75, 3.05) is 0 Å². The van der Waals surface area contributed by atoms with Gasteiger partial charge in [-0.25, -0.2) is 0 Å². The first kappa shape index (κ1) is 22.9. The zero-order valence-electron chi connectivity index (χ0n) is 20.0. The van der Waals surface area contributed by atoms with Crippen LogP contribution in [0.15, 0.2) is 35.5 Å². The molecule has 3 aliphatic carbocycles. The highest BCUT2D eigenvalue weighted by molar-refractivity contribution is 5.27.